The van der Waals surface area contributed by atoms with Crippen LogP contribution in [-0.2, 0) is 10.0 Å². The third-order valence-electron chi connectivity index (χ3n) is 5.59. The van der Waals surface area contributed by atoms with Crippen molar-refractivity contribution in [3.63, 3.8) is 0 Å². The molecule has 0 saturated heterocycles. The molecule has 8 heteroatoms. The number of fused-ring (bicyclic) bond motifs is 1. The van der Waals surface area contributed by atoms with Crippen LogP contribution in [0.1, 0.15) is 10.4 Å². The number of hydrogen-bond donors (Lipinski definition) is 2. The van der Waals surface area contributed by atoms with Gasteiger partial charge in [0.1, 0.15) is 11.5 Å². The molecule has 0 unspecified atom stereocenters. The van der Waals surface area contributed by atoms with E-state index in [0.29, 0.717) is 22.2 Å². The normalized spacial score (nSPS) is 11.2. The fourth-order valence-corrected chi connectivity index (χ4v) is 5.05. The van der Waals surface area contributed by atoms with Crippen LogP contribution >= 0.6 is 11.6 Å². The molecule has 0 radical (unpaired) electrons. The van der Waals surface area contributed by atoms with Crippen LogP contribution in [0.15, 0.2) is 120 Å². The Morgan fingerprint density at radius 3 is 2.14 bits per heavy atom. The number of carbonyl (C=O) groups excluding carboxylic acids is 1. The van der Waals surface area contributed by atoms with Crippen LogP contribution in [0.5, 0.6) is 11.5 Å². The SMILES string of the molecule is O=C(Nc1ccc(Oc2ccccc2)cc1)c1cc(Cl)ccc1NS(=O)(=O)c1ccc2ccccc2c1. The molecule has 2 N–H and O–H groups in total. The first kappa shape index (κ1) is 24.4. The fraction of sp³-hybridized carbons (Fsp3) is 0. The van der Waals surface area contributed by atoms with Crippen LogP contribution in [0.2, 0.25) is 5.02 Å². The van der Waals surface area contributed by atoms with Gasteiger partial charge in [0.2, 0.25) is 0 Å². The molecule has 0 fully saturated rings. The summed E-state index contributed by atoms with van der Waals surface area (Å²) in [5.74, 6) is 0.785. The maximum Gasteiger partial charge on any atom is 0.261 e. The van der Waals surface area contributed by atoms with Crippen molar-refractivity contribution in [1.29, 1.82) is 0 Å². The Bertz CT molecular complexity index is 1690. The maximum absolute atomic E-state index is 13.2. The molecule has 0 bridgehead atoms. The molecular weight excluding hydrogens is 508 g/mol. The standard InChI is InChI=1S/C29H21ClN2O4S/c30-22-11-17-28(32-37(34,35)26-16-10-20-6-4-5-7-21(20)18-26)27(19-22)29(33)31-23-12-14-25(15-13-23)36-24-8-2-1-3-9-24/h1-19,32H,(H,31,33). The minimum absolute atomic E-state index is 0.0847. The van der Waals surface area contributed by atoms with Gasteiger partial charge in [-0.2, -0.15) is 0 Å². The molecule has 0 aliphatic rings. The number of sulfonamides is 1. The number of benzene rings is 5. The van der Waals surface area contributed by atoms with Crippen LogP contribution in [0.3, 0.4) is 0 Å². The summed E-state index contributed by atoms with van der Waals surface area (Å²) in [6, 6.07) is 32.9. The van der Waals surface area contributed by atoms with Crippen molar-refractivity contribution in [2.75, 3.05) is 10.0 Å². The van der Waals surface area contributed by atoms with Crippen LogP contribution in [0.25, 0.3) is 10.8 Å². The predicted molar refractivity (Wildman–Crippen MR) is 147 cm³/mol. The first-order chi connectivity index (χ1) is 17.9. The van der Waals surface area contributed by atoms with E-state index in [4.69, 9.17) is 16.3 Å². The Kier molecular flexibility index (Phi) is 6.81. The smallest absolute Gasteiger partial charge is 0.261 e. The summed E-state index contributed by atoms with van der Waals surface area (Å²) in [4.78, 5) is 13.2. The van der Waals surface area contributed by atoms with E-state index >= 15 is 0 Å². The lowest BCUT2D eigenvalue weighted by molar-refractivity contribution is 0.102. The number of amides is 1. The highest BCUT2D eigenvalue weighted by Crippen LogP contribution is 2.27. The number of rotatable bonds is 7. The van der Waals surface area contributed by atoms with Gasteiger partial charge in [-0.05, 0) is 77.5 Å². The zero-order valence-electron chi connectivity index (χ0n) is 19.4. The number of nitrogens with one attached hydrogen (secondary N) is 2. The van der Waals surface area contributed by atoms with Crippen LogP contribution in [-0.4, -0.2) is 14.3 Å². The zero-order chi connectivity index (χ0) is 25.8. The minimum atomic E-state index is -3.97. The molecular formula is C29H21ClN2O4S. The molecule has 5 aromatic rings. The Hall–Kier alpha value is -4.33. The Morgan fingerprint density at radius 2 is 1.38 bits per heavy atom. The Balaban J connectivity index is 1.35. The van der Waals surface area contributed by atoms with Crippen molar-refractivity contribution in [2.45, 2.75) is 4.90 Å². The molecule has 1 amide bonds. The topological polar surface area (TPSA) is 84.5 Å². The molecule has 5 aromatic carbocycles. The lowest BCUT2D eigenvalue weighted by Crippen LogP contribution is -2.18. The van der Waals surface area contributed by atoms with Gasteiger partial charge in [-0.25, -0.2) is 8.42 Å². The number of ether oxygens (including phenoxy) is 1. The highest BCUT2D eigenvalue weighted by atomic mass is 35.5. The van der Waals surface area contributed by atoms with Gasteiger partial charge in [-0.3, -0.25) is 9.52 Å². The first-order valence-corrected chi connectivity index (χ1v) is 13.2. The molecule has 0 atom stereocenters. The summed E-state index contributed by atoms with van der Waals surface area (Å²) in [5.41, 5.74) is 0.703. The highest BCUT2D eigenvalue weighted by Gasteiger charge is 2.20. The van der Waals surface area contributed by atoms with Gasteiger partial charge in [-0.15, -0.1) is 0 Å². The lowest BCUT2D eigenvalue weighted by atomic mass is 10.1. The summed E-state index contributed by atoms with van der Waals surface area (Å²) in [5, 5.41) is 4.79. The van der Waals surface area contributed by atoms with E-state index in [1.54, 1.807) is 36.4 Å². The second-order valence-corrected chi connectivity index (χ2v) is 10.3. The second kappa shape index (κ2) is 10.3. The molecule has 184 valence electrons. The number of halogens is 1. The molecule has 0 aliphatic carbocycles. The molecule has 37 heavy (non-hydrogen) atoms. The maximum atomic E-state index is 13.2. The van der Waals surface area contributed by atoms with E-state index in [0.717, 1.165) is 10.8 Å². The second-order valence-electron chi connectivity index (χ2n) is 8.20. The summed E-state index contributed by atoms with van der Waals surface area (Å²) in [6.07, 6.45) is 0. The quantitative estimate of drug-likeness (QED) is 0.231. The zero-order valence-corrected chi connectivity index (χ0v) is 21.0. The predicted octanol–water partition coefficient (Wildman–Crippen LogP) is 7.34. The van der Waals surface area contributed by atoms with Crippen LogP contribution in [0.4, 0.5) is 11.4 Å². The molecule has 0 aliphatic heterocycles. The van der Waals surface area contributed by atoms with Gasteiger partial charge in [0.25, 0.3) is 15.9 Å². The average Bonchev–Trinajstić information content (AvgIpc) is 2.91. The lowest BCUT2D eigenvalue weighted by Gasteiger charge is -2.14. The van der Waals surface area contributed by atoms with E-state index in [-0.39, 0.29) is 16.1 Å². The summed E-state index contributed by atoms with van der Waals surface area (Å²) >= 11 is 6.14. The Labute approximate surface area is 219 Å². The van der Waals surface area contributed by atoms with E-state index in [1.807, 2.05) is 54.6 Å². The summed E-state index contributed by atoms with van der Waals surface area (Å²) in [7, 11) is -3.97. The van der Waals surface area contributed by atoms with Crippen molar-refractivity contribution < 1.29 is 17.9 Å². The Morgan fingerprint density at radius 1 is 0.703 bits per heavy atom. The van der Waals surface area contributed by atoms with Crippen molar-refractivity contribution in [3.05, 3.63) is 126 Å². The molecule has 0 spiro atoms. The number of anilines is 2. The molecule has 0 heterocycles. The van der Waals surface area contributed by atoms with Crippen molar-refractivity contribution >= 4 is 49.7 Å². The molecule has 0 saturated carbocycles. The van der Waals surface area contributed by atoms with Gasteiger partial charge >= 0.3 is 0 Å². The first-order valence-electron chi connectivity index (χ1n) is 11.3. The van der Waals surface area contributed by atoms with Gasteiger partial charge in [0, 0.05) is 10.7 Å². The van der Waals surface area contributed by atoms with Gasteiger partial charge < -0.3 is 10.1 Å². The van der Waals surface area contributed by atoms with Crippen molar-refractivity contribution in [3.8, 4) is 11.5 Å². The van der Waals surface area contributed by atoms with Gasteiger partial charge in [0.05, 0.1) is 16.1 Å². The average molecular weight is 529 g/mol. The molecule has 5 rings (SSSR count). The number of carbonyl (C=O) groups is 1. The van der Waals surface area contributed by atoms with E-state index in [1.165, 1.54) is 24.3 Å². The third-order valence-corrected chi connectivity index (χ3v) is 7.19. The summed E-state index contributed by atoms with van der Waals surface area (Å²) in [6.45, 7) is 0. The fourth-order valence-electron chi connectivity index (χ4n) is 3.76. The van der Waals surface area contributed by atoms with Crippen LogP contribution in [0, 0.1) is 0 Å². The third kappa shape index (κ3) is 5.74. The highest BCUT2D eigenvalue weighted by molar-refractivity contribution is 7.92. The largest absolute Gasteiger partial charge is 0.457 e. The van der Waals surface area contributed by atoms with E-state index in [9.17, 15) is 13.2 Å². The van der Waals surface area contributed by atoms with Crippen molar-refractivity contribution in [2.24, 2.45) is 0 Å². The number of hydrogen-bond acceptors (Lipinski definition) is 4. The van der Waals surface area contributed by atoms with E-state index in [2.05, 4.69) is 10.0 Å². The molecule has 0 aromatic heterocycles. The summed E-state index contributed by atoms with van der Waals surface area (Å²) < 4.78 is 34.6. The van der Waals surface area contributed by atoms with Crippen molar-refractivity contribution in [1.82, 2.24) is 0 Å². The van der Waals surface area contributed by atoms with E-state index < -0.39 is 15.9 Å². The monoisotopic (exact) mass is 528 g/mol. The number of para-hydroxylation sites is 1. The van der Waals surface area contributed by atoms with Crippen LogP contribution < -0.4 is 14.8 Å². The van der Waals surface area contributed by atoms with Gasteiger partial charge in [0.15, 0.2) is 0 Å². The molecule has 6 nitrogen and oxygen atoms in total. The van der Waals surface area contributed by atoms with Gasteiger partial charge in [-0.1, -0.05) is 60.1 Å². The minimum Gasteiger partial charge on any atom is -0.457 e.